The van der Waals surface area contributed by atoms with E-state index in [4.69, 9.17) is 17.0 Å². The Hall–Kier alpha value is -2.51. The largest absolute Gasteiger partial charge is 0.383 e. The molecule has 1 fully saturated rings. The SMILES string of the molecule is COCCN1C(=O)/C(=C/c2cn(CC(C)C)c3ccccc23)C(=O)NC1=S. The molecule has 0 radical (unpaired) electrons. The highest BCUT2D eigenvalue weighted by atomic mass is 32.1. The highest BCUT2D eigenvalue weighted by Crippen LogP contribution is 2.25. The molecule has 1 saturated heterocycles. The van der Waals surface area contributed by atoms with Gasteiger partial charge in [-0.2, -0.15) is 0 Å². The zero-order valence-electron chi connectivity index (χ0n) is 15.7. The van der Waals surface area contributed by atoms with Crippen LogP contribution in [-0.2, 0) is 20.9 Å². The number of nitrogens with one attached hydrogen (secondary N) is 1. The van der Waals surface area contributed by atoms with Gasteiger partial charge in [0, 0.05) is 36.3 Å². The maximum atomic E-state index is 12.8. The van der Waals surface area contributed by atoms with Crippen molar-refractivity contribution < 1.29 is 14.3 Å². The molecule has 1 N–H and O–H groups in total. The van der Waals surface area contributed by atoms with E-state index in [1.807, 2.05) is 30.5 Å². The number of hydrogen-bond donors (Lipinski definition) is 1. The van der Waals surface area contributed by atoms with Gasteiger partial charge in [0.1, 0.15) is 5.57 Å². The predicted molar refractivity (Wildman–Crippen MR) is 109 cm³/mol. The number of para-hydroxylation sites is 1. The van der Waals surface area contributed by atoms with Crippen molar-refractivity contribution in [3.05, 3.63) is 41.6 Å². The summed E-state index contributed by atoms with van der Waals surface area (Å²) in [6.45, 7) is 5.79. The fourth-order valence-electron chi connectivity index (χ4n) is 3.17. The van der Waals surface area contributed by atoms with E-state index in [2.05, 4.69) is 23.7 Å². The van der Waals surface area contributed by atoms with Crippen LogP contribution in [-0.4, -0.2) is 46.7 Å². The average Bonchev–Trinajstić information content (AvgIpc) is 2.95. The molecule has 3 rings (SSSR count). The Morgan fingerprint density at radius 1 is 1.26 bits per heavy atom. The first kappa shape index (κ1) is 19.3. The molecular weight excluding hydrogens is 362 g/mol. The van der Waals surface area contributed by atoms with E-state index in [9.17, 15) is 9.59 Å². The number of carbonyl (C=O) groups excluding carboxylic acids is 2. The van der Waals surface area contributed by atoms with Gasteiger partial charge >= 0.3 is 0 Å². The fraction of sp³-hybridized carbons (Fsp3) is 0.350. The summed E-state index contributed by atoms with van der Waals surface area (Å²) in [5, 5.41) is 3.71. The Bertz CT molecular complexity index is 930. The van der Waals surface area contributed by atoms with E-state index in [0.29, 0.717) is 19.1 Å². The van der Waals surface area contributed by atoms with E-state index in [1.165, 1.54) is 4.90 Å². The maximum absolute atomic E-state index is 12.8. The molecule has 0 unspecified atom stereocenters. The second-order valence-corrected chi connectivity index (χ2v) is 7.30. The van der Waals surface area contributed by atoms with Gasteiger partial charge in [0.25, 0.3) is 11.8 Å². The molecule has 27 heavy (non-hydrogen) atoms. The van der Waals surface area contributed by atoms with E-state index in [0.717, 1.165) is 23.0 Å². The monoisotopic (exact) mass is 385 g/mol. The van der Waals surface area contributed by atoms with E-state index in [1.54, 1.807) is 13.2 Å². The van der Waals surface area contributed by atoms with Gasteiger partial charge < -0.3 is 9.30 Å². The highest BCUT2D eigenvalue weighted by Gasteiger charge is 2.33. The minimum Gasteiger partial charge on any atom is -0.383 e. The van der Waals surface area contributed by atoms with Crippen molar-refractivity contribution in [2.75, 3.05) is 20.3 Å². The summed E-state index contributed by atoms with van der Waals surface area (Å²) in [7, 11) is 1.55. The topological polar surface area (TPSA) is 63.6 Å². The summed E-state index contributed by atoms with van der Waals surface area (Å²) >= 11 is 5.13. The predicted octanol–water partition coefficient (Wildman–Crippen LogP) is 2.57. The lowest BCUT2D eigenvalue weighted by atomic mass is 10.1. The Kier molecular flexibility index (Phi) is 5.72. The zero-order chi connectivity index (χ0) is 19.6. The zero-order valence-corrected chi connectivity index (χ0v) is 16.5. The molecule has 2 aromatic rings. The van der Waals surface area contributed by atoms with Crippen LogP contribution in [0.25, 0.3) is 17.0 Å². The molecule has 2 amide bonds. The van der Waals surface area contributed by atoms with Crippen LogP contribution in [0.2, 0.25) is 0 Å². The second-order valence-electron chi connectivity index (χ2n) is 6.91. The number of benzene rings is 1. The van der Waals surface area contributed by atoms with Crippen LogP contribution in [0.3, 0.4) is 0 Å². The standard InChI is InChI=1S/C20H23N3O3S/c1-13(2)11-22-12-14(15-6-4-5-7-17(15)22)10-16-18(24)21-20(27)23(19(16)25)8-9-26-3/h4-7,10,12-13H,8-9,11H2,1-3H3,(H,21,24,27)/b16-10+. The fourth-order valence-corrected chi connectivity index (χ4v) is 3.44. The van der Waals surface area contributed by atoms with E-state index in [-0.39, 0.29) is 10.7 Å². The molecule has 7 heteroatoms. The van der Waals surface area contributed by atoms with Crippen molar-refractivity contribution in [3.63, 3.8) is 0 Å². The number of carbonyl (C=O) groups is 2. The molecule has 0 spiro atoms. The minimum absolute atomic E-state index is 0.0761. The van der Waals surface area contributed by atoms with Crippen LogP contribution in [0.15, 0.2) is 36.0 Å². The number of fused-ring (bicyclic) bond motifs is 1. The summed E-state index contributed by atoms with van der Waals surface area (Å²) in [5.41, 5.74) is 1.99. The third-order valence-corrected chi connectivity index (χ3v) is 4.71. The van der Waals surface area contributed by atoms with Gasteiger partial charge in [-0.1, -0.05) is 32.0 Å². The van der Waals surface area contributed by atoms with Gasteiger partial charge in [-0.25, -0.2) is 0 Å². The number of hydrogen-bond acceptors (Lipinski definition) is 4. The Morgan fingerprint density at radius 3 is 2.70 bits per heavy atom. The van der Waals surface area contributed by atoms with Gasteiger partial charge in [-0.15, -0.1) is 0 Å². The number of thiocarbonyl (C=S) groups is 1. The molecule has 0 bridgehead atoms. The molecule has 2 heterocycles. The summed E-state index contributed by atoms with van der Waals surface area (Å²) in [4.78, 5) is 26.6. The van der Waals surface area contributed by atoms with Crippen LogP contribution in [0.1, 0.15) is 19.4 Å². The Balaban J connectivity index is 2.03. The molecule has 1 aromatic heterocycles. The van der Waals surface area contributed by atoms with Crippen molar-refractivity contribution in [2.24, 2.45) is 5.92 Å². The quantitative estimate of drug-likeness (QED) is 0.472. The van der Waals surface area contributed by atoms with Gasteiger partial charge in [-0.3, -0.25) is 19.8 Å². The lowest BCUT2D eigenvalue weighted by Crippen LogP contribution is -2.54. The Labute approximate surface area is 163 Å². The lowest BCUT2D eigenvalue weighted by Gasteiger charge is -2.28. The average molecular weight is 385 g/mol. The second kappa shape index (κ2) is 8.02. The number of ether oxygens (including phenoxy) is 1. The van der Waals surface area contributed by atoms with E-state index >= 15 is 0 Å². The van der Waals surface area contributed by atoms with E-state index < -0.39 is 11.8 Å². The number of nitrogens with zero attached hydrogens (tertiary/aromatic N) is 2. The van der Waals surface area contributed by atoms with Crippen molar-refractivity contribution in [3.8, 4) is 0 Å². The van der Waals surface area contributed by atoms with Crippen molar-refractivity contribution in [2.45, 2.75) is 20.4 Å². The molecule has 1 aromatic carbocycles. The third-order valence-electron chi connectivity index (χ3n) is 4.39. The van der Waals surface area contributed by atoms with Crippen molar-refractivity contribution >= 4 is 46.1 Å². The molecule has 0 saturated carbocycles. The van der Waals surface area contributed by atoms with Crippen LogP contribution in [0, 0.1) is 5.92 Å². The molecule has 1 aliphatic rings. The van der Waals surface area contributed by atoms with Crippen LogP contribution >= 0.6 is 12.2 Å². The molecule has 0 atom stereocenters. The molecule has 0 aliphatic carbocycles. The molecular formula is C20H23N3O3S. The number of amides is 2. The van der Waals surface area contributed by atoms with Gasteiger partial charge in [0.2, 0.25) is 0 Å². The Morgan fingerprint density at radius 2 is 2.00 bits per heavy atom. The molecule has 6 nitrogen and oxygen atoms in total. The summed E-state index contributed by atoms with van der Waals surface area (Å²) in [6, 6.07) is 7.98. The third kappa shape index (κ3) is 3.94. The van der Waals surface area contributed by atoms with Gasteiger partial charge in [0.05, 0.1) is 13.2 Å². The van der Waals surface area contributed by atoms with Crippen LogP contribution < -0.4 is 5.32 Å². The first-order chi connectivity index (χ1) is 12.9. The maximum Gasteiger partial charge on any atom is 0.265 e. The van der Waals surface area contributed by atoms with Crippen LogP contribution in [0.4, 0.5) is 0 Å². The van der Waals surface area contributed by atoms with Crippen molar-refractivity contribution in [1.82, 2.24) is 14.8 Å². The number of methoxy groups -OCH3 is 1. The number of aromatic nitrogens is 1. The highest BCUT2D eigenvalue weighted by molar-refractivity contribution is 7.80. The van der Waals surface area contributed by atoms with Crippen molar-refractivity contribution in [1.29, 1.82) is 0 Å². The first-order valence-electron chi connectivity index (χ1n) is 8.88. The van der Waals surface area contributed by atoms with Crippen LogP contribution in [0.5, 0.6) is 0 Å². The summed E-state index contributed by atoms with van der Waals surface area (Å²) in [6.07, 6.45) is 3.64. The lowest BCUT2D eigenvalue weighted by molar-refractivity contribution is -0.129. The smallest absolute Gasteiger partial charge is 0.265 e. The minimum atomic E-state index is -0.473. The summed E-state index contributed by atoms with van der Waals surface area (Å²) < 4.78 is 7.19. The molecule has 142 valence electrons. The van der Waals surface area contributed by atoms with Gasteiger partial charge in [0.15, 0.2) is 5.11 Å². The first-order valence-corrected chi connectivity index (χ1v) is 9.29. The summed E-state index contributed by atoms with van der Waals surface area (Å²) in [5.74, 6) is -0.399. The normalized spacial score (nSPS) is 16.7. The van der Waals surface area contributed by atoms with Gasteiger partial charge in [-0.05, 0) is 30.3 Å². The number of rotatable bonds is 6. The molecule has 1 aliphatic heterocycles.